The molecule has 4 aliphatic rings. The van der Waals surface area contributed by atoms with Crippen LogP contribution in [-0.4, -0.2) is 74.2 Å². The number of pyridine rings is 1. The van der Waals surface area contributed by atoms with Crippen LogP contribution in [0.5, 0.6) is 5.75 Å². The number of likely N-dealkylation sites (tertiary alicyclic amines) is 1. The number of fused-ring (bicyclic) bond motifs is 1. The van der Waals surface area contributed by atoms with Crippen LogP contribution in [0.3, 0.4) is 0 Å². The maximum atomic E-state index is 13.1. The van der Waals surface area contributed by atoms with Crippen molar-refractivity contribution in [3.8, 4) is 5.75 Å². The van der Waals surface area contributed by atoms with Gasteiger partial charge in [-0.05, 0) is 50.1 Å². The zero-order chi connectivity index (χ0) is 26.4. The van der Waals surface area contributed by atoms with Gasteiger partial charge in [-0.3, -0.25) is 9.59 Å². The van der Waals surface area contributed by atoms with Crippen LogP contribution in [0, 0.1) is 5.41 Å². The summed E-state index contributed by atoms with van der Waals surface area (Å²) in [6.07, 6.45) is 7.02. The summed E-state index contributed by atoms with van der Waals surface area (Å²) in [6, 6.07) is 9.40. The van der Waals surface area contributed by atoms with E-state index in [9.17, 15) is 9.59 Å². The van der Waals surface area contributed by atoms with Crippen LogP contribution in [0.15, 0.2) is 30.3 Å². The number of rotatable bonds is 5. The summed E-state index contributed by atoms with van der Waals surface area (Å²) in [6.45, 7) is 4.99. The number of anilines is 4. The summed E-state index contributed by atoms with van der Waals surface area (Å²) in [5.74, 6) is 2.21. The minimum absolute atomic E-state index is 0.0139. The molecule has 3 fully saturated rings. The first-order valence-electron chi connectivity index (χ1n) is 13.8. The van der Waals surface area contributed by atoms with Gasteiger partial charge in [-0.15, -0.1) is 0 Å². The van der Waals surface area contributed by atoms with Crippen molar-refractivity contribution in [1.29, 1.82) is 0 Å². The highest BCUT2D eigenvalue weighted by atomic mass is 16.5. The summed E-state index contributed by atoms with van der Waals surface area (Å²) in [5, 5.41) is 3.40. The van der Waals surface area contributed by atoms with Crippen molar-refractivity contribution < 1.29 is 19.1 Å². The lowest BCUT2D eigenvalue weighted by Crippen LogP contribution is -2.67. The Bertz CT molecular complexity index is 1230. The van der Waals surface area contributed by atoms with Gasteiger partial charge in [-0.25, -0.2) is 4.98 Å². The number of carbonyl (C=O) groups is 2. The van der Waals surface area contributed by atoms with Crippen molar-refractivity contribution in [3.63, 3.8) is 0 Å². The van der Waals surface area contributed by atoms with Gasteiger partial charge in [-0.1, -0.05) is 25.7 Å². The lowest BCUT2D eigenvalue weighted by atomic mass is 9.78. The third-order valence-corrected chi connectivity index (χ3v) is 8.65. The Morgan fingerprint density at radius 1 is 1.11 bits per heavy atom. The molecule has 202 valence electrons. The highest BCUT2D eigenvalue weighted by Crippen LogP contribution is 2.41. The largest absolute Gasteiger partial charge is 0.495 e. The Balaban J connectivity index is 1.25. The van der Waals surface area contributed by atoms with E-state index >= 15 is 0 Å². The number of nitrogens with one attached hydrogen (secondary N) is 1. The van der Waals surface area contributed by atoms with Gasteiger partial charge in [0.1, 0.15) is 17.6 Å². The smallest absolute Gasteiger partial charge is 0.254 e. The number of nitrogens with zero attached hydrogens (tertiary/aromatic N) is 4. The molecule has 1 spiro atoms. The lowest BCUT2D eigenvalue weighted by Gasteiger charge is -2.54. The molecule has 1 saturated carbocycles. The first kappa shape index (κ1) is 25.0. The molecule has 4 heterocycles. The van der Waals surface area contributed by atoms with Crippen molar-refractivity contribution in [2.75, 3.05) is 55.6 Å². The molecule has 1 atom stereocenters. The van der Waals surface area contributed by atoms with E-state index in [-0.39, 0.29) is 23.3 Å². The zero-order valence-corrected chi connectivity index (χ0v) is 22.5. The Hall–Kier alpha value is -3.33. The standard InChI is InChI=1S/C29H37N5O4/c1-19-27(35)32(2)23-12-13-25(31-26(23)34(19)21-8-6-4-5-7-9-21)30-22-11-10-20(14-24(22)37-3)28(36)33-15-29(16-33)17-38-18-29/h10-14,19,21H,4-9,15-18H2,1-3H3,(H,30,31)/t19-/m1/s1. The zero-order valence-electron chi connectivity index (χ0n) is 22.5. The molecule has 2 saturated heterocycles. The molecule has 6 rings (SSSR count). The van der Waals surface area contributed by atoms with Gasteiger partial charge < -0.3 is 29.5 Å². The first-order chi connectivity index (χ1) is 18.4. The molecule has 1 aromatic heterocycles. The molecule has 38 heavy (non-hydrogen) atoms. The van der Waals surface area contributed by atoms with Gasteiger partial charge in [0, 0.05) is 31.7 Å². The average Bonchev–Trinajstić information content (AvgIpc) is 3.15. The SMILES string of the molecule is COc1cc(C(=O)N2CC3(COC3)C2)ccc1Nc1ccc2c(n1)N(C1CCCCCC1)[C@H](C)C(=O)N2C. The maximum absolute atomic E-state index is 13.1. The van der Waals surface area contributed by atoms with Gasteiger partial charge in [0.25, 0.3) is 5.91 Å². The molecule has 2 aromatic rings. The highest BCUT2D eigenvalue weighted by Gasteiger charge is 2.50. The number of benzene rings is 1. The summed E-state index contributed by atoms with van der Waals surface area (Å²) in [4.78, 5) is 37.0. The lowest BCUT2D eigenvalue weighted by molar-refractivity contribution is -0.176. The number of amides is 2. The van der Waals surface area contributed by atoms with E-state index in [1.165, 1.54) is 25.7 Å². The van der Waals surface area contributed by atoms with Gasteiger partial charge in [0.15, 0.2) is 5.82 Å². The summed E-state index contributed by atoms with van der Waals surface area (Å²) in [7, 11) is 3.43. The van der Waals surface area contributed by atoms with Crippen LogP contribution >= 0.6 is 0 Å². The van der Waals surface area contributed by atoms with E-state index in [4.69, 9.17) is 14.5 Å². The predicted octanol–water partition coefficient (Wildman–Crippen LogP) is 4.20. The number of ether oxygens (including phenoxy) is 2. The van der Waals surface area contributed by atoms with E-state index in [0.29, 0.717) is 23.2 Å². The third-order valence-electron chi connectivity index (χ3n) is 8.65. The quantitative estimate of drug-likeness (QED) is 0.593. The molecular formula is C29H37N5O4. The van der Waals surface area contributed by atoms with Crippen LogP contribution < -0.4 is 19.9 Å². The van der Waals surface area contributed by atoms with Gasteiger partial charge >= 0.3 is 0 Å². The molecule has 2 amide bonds. The van der Waals surface area contributed by atoms with Crippen LogP contribution in [-0.2, 0) is 9.53 Å². The topological polar surface area (TPSA) is 87.2 Å². The van der Waals surface area contributed by atoms with E-state index in [2.05, 4.69) is 10.2 Å². The monoisotopic (exact) mass is 519 g/mol. The van der Waals surface area contributed by atoms with E-state index in [1.807, 2.05) is 43.1 Å². The number of hydrogen-bond acceptors (Lipinski definition) is 7. The number of aromatic nitrogens is 1. The Morgan fingerprint density at radius 3 is 2.50 bits per heavy atom. The molecular weight excluding hydrogens is 482 g/mol. The van der Waals surface area contributed by atoms with Crippen LogP contribution in [0.25, 0.3) is 0 Å². The average molecular weight is 520 g/mol. The van der Waals surface area contributed by atoms with E-state index in [0.717, 1.165) is 56.3 Å². The minimum Gasteiger partial charge on any atom is -0.495 e. The van der Waals surface area contributed by atoms with Crippen molar-refractivity contribution >= 4 is 34.8 Å². The third kappa shape index (κ3) is 4.26. The van der Waals surface area contributed by atoms with Crippen molar-refractivity contribution in [1.82, 2.24) is 9.88 Å². The summed E-state index contributed by atoms with van der Waals surface area (Å²) < 4.78 is 11.0. The molecule has 0 bridgehead atoms. The molecule has 3 aliphatic heterocycles. The highest BCUT2D eigenvalue weighted by molar-refractivity contribution is 6.04. The number of hydrogen-bond donors (Lipinski definition) is 1. The molecule has 0 unspecified atom stereocenters. The summed E-state index contributed by atoms with van der Waals surface area (Å²) >= 11 is 0. The molecule has 0 radical (unpaired) electrons. The first-order valence-corrected chi connectivity index (χ1v) is 13.8. The van der Waals surface area contributed by atoms with Gasteiger partial charge in [-0.2, -0.15) is 0 Å². The second-order valence-electron chi connectivity index (χ2n) is 11.4. The number of methoxy groups -OCH3 is 1. The molecule has 9 heteroatoms. The Morgan fingerprint density at radius 2 is 1.84 bits per heavy atom. The minimum atomic E-state index is -0.259. The van der Waals surface area contributed by atoms with Gasteiger partial charge in [0.2, 0.25) is 5.91 Å². The van der Waals surface area contributed by atoms with Crippen LogP contribution in [0.1, 0.15) is 55.8 Å². The Labute approximate surface area is 224 Å². The van der Waals surface area contributed by atoms with Crippen molar-refractivity contribution in [2.45, 2.75) is 57.5 Å². The molecule has 1 aliphatic carbocycles. The van der Waals surface area contributed by atoms with Crippen molar-refractivity contribution in [3.05, 3.63) is 35.9 Å². The molecule has 9 nitrogen and oxygen atoms in total. The fraction of sp³-hybridized carbons (Fsp3) is 0.552. The summed E-state index contributed by atoms with van der Waals surface area (Å²) in [5.41, 5.74) is 2.35. The number of likely N-dealkylation sites (N-methyl/N-ethyl adjacent to an activating group) is 1. The van der Waals surface area contributed by atoms with Crippen LogP contribution in [0.2, 0.25) is 0 Å². The van der Waals surface area contributed by atoms with Gasteiger partial charge in [0.05, 0.1) is 37.1 Å². The molecule has 1 N–H and O–H groups in total. The van der Waals surface area contributed by atoms with E-state index < -0.39 is 0 Å². The second kappa shape index (κ2) is 9.76. The second-order valence-corrected chi connectivity index (χ2v) is 11.4. The number of carbonyl (C=O) groups excluding carboxylic acids is 2. The molecule has 1 aromatic carbocycles. The predicted molar refractivity (Wildman–Crippen MR) is 147 cm³/mol. The van der Waals surface area contributed by atoms with Crippen LogP contribution in [0.4, 0.5) is 23.0 Å². The van der Waals surface area contributed by atoms with Crippen molar-refractivity contribution in [2.24, 2.45) is 5.41 Å². The fourth-order valence-corrected chi connectivity index (χ4v) is 6.42. The van der Waals surface area contributed by atoms with E-state index in [1.54, 1.807) is 18.1 Å². The Kier molecular flexibility index (Phi) is 6.42. The normalized spacial score (nSPS) is 22.9. The maximum Gasteiger partial charge on any atom is 0.254 e. The fourth-order valence-electron chi connectivity index (χ4n) is 6.42.